The van der Waals surface area contributed by atoms with Gasteiger partial charge in [0.2, 0.25) is 0 Å². The van der Waals surface area contributed by atoms with E-state index in [0.717, 1.165) is 34.2 Å². The number of ether oxygens (including phenoxy) is 1. The Morgan fingerprint density at radius 2 is 0.746 bits per heavy atom. The quantitative estimate of drug-likeness (QED) is 0.112. The van der Waals surface area contributed by atoms with Gasteiger partial charge in [0, 0.05) is 22.1 Å². The van der Waals surface area contributed by atoms with Crippen molar-refractivity contribution in [1.29, 1.82) is 0 Å². The number of hydrogen-bond acceptors (Lipinski definition) is 2. The molecule has 2 aliphatic rings. The molecule has 0 bridgehead atoms. The maximum absolute atomic E-state index is 6.65. The number of benzene rings is 11. The highest BCUT2D eigenvalue weighted by Crippen LogP contribution is 2.56. The topological polar surface area (TPSA) is 17.4 Å². The van der Waals surface area contributed by atoms with Gasteiger partial charge in [-0.3, -0.25) is 0 Å². The van der Waals surface area contributed by atoms with Gasteiger partial charge in [-0.15, -0.1) is 0 Å². The Labute approximate surface area is 414 Å². The monoisotopic (exact) mass is 922 g/mol. The standard InChI is InChI=1S/C67H46N2OSi/c1-4-22-47(23-5-1)67(59-32-14-10-28-55(59)56-29-11-15-33-60(56)67)48-40-42-53(43-41-48)71(51-24-6-2-7-25-51,52-26-8-3-9-27-52)54-45-49(68-61-34-16-12-30-57(61)58-31-13-17-35-62(58)68)44-50(46-54)69-63-36-18-20-38-65(63)70-66-39-21-19-37-64(66)69/h1-46H. The molecule has 12 aromatic rings. The van der Waals surface area contributed by atoms with Crippen LogP contribution in [0.15, 0.2) is 279 Å². The molecule has 0 unspecified atom stereocenters. The number of hydrogen-bond donors (Lipinski definition) is 0. The summed E-state index contributed by atoms with van der Waals surface area (Å²) in [6.45, 7) is 0. The Morgan fingerprint density at radius 3 is 1.31 bits per heavy atom. The lowest BCUT2D eigenvalue weighted by atomic mass is 9.68. The predicted molar refractivity (Wildman–Crippen MR) is 296 cm³/mol. The van der Waals surface area contributed by atoms with Gasteiger partial charge in [0.15, 0.2) is 19.6 Å². The molecule has 1 aromatic heterocycles. The second-order valence-corrected chi connectivity index (χ2v) is 22.6. The summed E-state index contributed by atoms with van der Waals surface area (Å²) in [7, 11) is -3.24. The molecule has 0 radical (unpaired) electrons. The first-order valence-corrected chi connectivity index (χ1v) is 26.5. The van der Waals surface area contributed by atoms with E-state index in [2.05, 4.69) is 289 Å². The second-order valence-electron chi connectivity index (χ2n) is 18.7. The van der Waals surface area contributed by atoms with Gasteiger partial charge < -0.3 is 14.2 Å². The van der Waals surface area contributed by atoms with Crippen molar-refractivity contribution in [3.05, 3.63) is 301 Å². The zero-order chi connectivity index (χ0) is 46.9. The molecule has 3 nitrogen and oxygen atoms in total. The van der Waals surface area contributed by atoms with Gasteiger partial charge in [-0.25, -0.2) is 0 Å². The summed E-state index contributed by atoms with van der Waals surface area (Å²) in [5.74, 6) is 1.64. The van der Waals surface area contributed by atoms with Crippen molar-refractivity contribution in [3.8, 4) is 28.3 Å². The molecule has 0 amide bonds. The number of nitrogens with zero attached hydrogens (tertiary/aromatic N) is 2. The summed E-state index contributed by atoms with van der Waals surface area (Å²) >= 11 is 0. The predicted octanol–water partition coefficient (Wildman–Crippen LogP) is 14.1. The molecule has 14 rings (SSSR count). The average Bonchev–Trinajstić information content (AvgIpc) is 3.95. The lowest BCUT2D eigenvalue weighted by Gasteiger charge is -2.38. The Bertz CT molecular complexity index is 3790. The molecule has 334 valence electrons. The van der Waals surface area contributed by atoms with Gasteiger partial charge in [0.1, 0.15) is 0 Å². The molecule has 0 atom stereocenters. The van der Waals surface area contributed by atoms with Crippen LogP contribution in [0.4, 0.5) is 17.1 Å². The largest absolute Gasteiger partial charge is 0.453 e. The third kappa shape index (κ3) is 6.08. The minimum atomic E-state index is -3.24. The molecule has 4 heteroatoms. The summed E-state index contributed by atoms with van der Waals surface area (Å²) in [5.41, 5.74) is 13.7. The number of para-hydroxylation sites is 6. The molecule has 71 heavy (non-hydrogen) atoms. The zero-order valence-corrected chi connectivity index (χ0v) is 39.9. The maximum Gasteiger partial charge on any atom is 0.179 e. The van der Waals surface area contributed by atoms with Crippen molar-refractivity contribution >= 4 is 67.7 Å². The van der Waals surface area contributed by atoms with E-state index in [9.17, 15) is 0 Å². The van der Waals surface area contributed by atoms with Crippen LogP contribution in [0.25, 0.3) is 38.6 Å². The second kappa shape index (κ2) is 16.3. The van der Waals surface area contributed by atoms with Crippen molar-refractivity contribution in [2.75, 3.05) is 4.90 Å². The molecular formula is C67H46N2OSi. The molecular weight excluding hydrogens is 877 g/mol. The lowest BCUT2D eigenvalue weighted by Crippen LogP contribution is -2.74. The van der Waals surface area contributed by atoms with Crippen molar-refractivity contribution < 1.29 is 4.74 Å². The SMILES string of the molecule is c1ccc(C2(c3ccc([Si](c4ccccc4)(c4ccccc4)c4cc(N5c6ccccc6Oc6ccccc65)cc(-n5c6ccccc6c6ccccc65)c4)cc3)c3ccccc3-c3ccccc32)cc1. The van der Waals surface area contributed by atoms with E-state index in [1.165, 1.54) is 75.9 Å². The van der Waals surface area contributed by atoms with E-state index in [4.69, 9.17) is 4.74 Å². The van der Waals surface area contributed by atoms with Gasteiger partial charge >= 0.3 is 0 Å². The molecule has 11 aromatic carbocycles. The van der Waals surface area contributed by atoms with Gasteiger partial charge in [-0.05, 0) is 109 Å². The van der Waals surface area contributed by atoms with Crippen LogP contribution in [0.5, 0.6) is 11.5 Å². The number of rotatable bonds is 8. The van der Waals surface area contributed by atoms with Crippen molar-refractivity contribution in [3.63, 3.8) is 0 Å². The maximum atomic E-state index is 6.65. The Morgan fingerprint density at radius 1 is 0.324 bits per heavy atom. The normalized spacial score (nSPS) is 13.3. The van der Waals surface area contributed by atoms with Crippen LogP contribution in [0.1, 0.15) is 22.3 Å². The average molecular weight is 923 g/mol. The molecule has 1 aliphatic carbocycles. The Hall–Kier alpha value is -8.96. The summed E-state index contributed by atoms with van der Waals surface area (Å²) in [6, 6.07) is 104. The van der Waals surface area contributed by atoms with Crippen molar-refractivity contribution in [1.82, 2.24) is 4.57 Å². The minimum Gasteiger partial charge on any atom is -0.453 e. The summed E-state index contributed by atoms with van der Waals surface area (Å²) in [4.78, 5) is 2.41. The third-order valence-corrected chi connectivity index (χ3v) is 19.9. The van der Waals surface area contributed by atoms with Crippen LogP contribution < -0.4 is 30.4 Å². The number of fused-ring (bicyclic) bond motifs is 8. The van der Waals surface area contributed by atoms with E-state index in [0.29, 0.717) is 0 Å². The van der Waals surface area contributed by atoms with Crippen LogP contribution in [0.2, 0.25) is 0 Å². The fourth-order valence-corrected chi connectivity index (χ4v) is 17.1. The molecule has 1 aliphatic heterocycles. The highest BCUT2D eigenvalue weighted by atomic mass is 28.3. The van der Waals surface area contributed by atoms with Crippen molar-refractivity contribution in [2.24, 2.45) is 0 Å². The van der Waals surface area contributed by atoms with E-state index in [1.807, 2.05) is 0 Å². The van der Waals surface area contributed by atoms with E-state index in [-0.39, 0.29) is 0 Å². The lowest BCUT2D eigenvalue weighted by molar-refractivity contribution is 0.477. The smallest absolute Gasteiger partial charge is 0.179 e. The summed E-state index contributed by atoms with van der Waals surface area (Å²) in [5, 5.41) is 7.64. The van der Waals surface area contributed by atoms with E-state index in [1.54, 1.807) is 0 Å². The van der Waals surface area contributed by atoms with Crippen LogP contribution in [0.3, 0.4) is 0 Å². The van der Waals surface area contributed by atoms with Crippen LogP contribution in [-0.4, -0.2) is 12.6 Å². The first-order chi connectivity index (χ1) is 35.2. The van der Waals surface area contributed by atoms with Gasteiger partial charge in [-0.2, -0.15) is 0 Å². The first kappa shape index (κ1) is 41.0. The highest BCUT2D eigenvalue weighted by molar-refractivity contribution is 7.20. The minimum absolute atomic E-state index is 0.516. The first-order valence-electron chi connectivity index (χ1n) is 24.5. The van der Waals surface area contributed by atoms with Crippen molar-refractivity contribution in [2.45, 2.75) is 5.41 Å². The molecule has 0 fully saturated rings. The fourth-order valence-electron chi connectivity index (χ4n) is 12.3. The van der Waals surface area contributed by atoms with Crippen LogP contribution in [-0.2, 0) is 5.41 Å². The third-order valence-electron chi connectivity index (χ3n) is 15.2. The molecule has 0 saturated heterocycles. The Kier molecular flexibility index (Phi) is 9.45. The van der Waals surface area contributed by atoms with Gasteiger partial charge in [0.25, 0.3) is 0 Å². The van der Waals surface area contributed by atoms with Crippen LogP contribution >= 0.6 is 0 Å². The van der Waals surface area contributed by atoms with Gasteiger partial charge in [0.05, 0.1) is 27.8 Å². The summed E-state index contributed by atoms with van der Waals surface area (Å²) in [6.07, 6.45) is 0. The molecule has 0 saturated carbocycles. The molecule has 2 heterocycles. The van der Waals surface area contributed by atoms with Crippen LogP contribution in [0, 0.1) is 0 Å². The summed E-state index contributed by atoms with van der Waals surface area (Å²) < 4.78 is 9.13. The number of anilines is 3. The highest BCUT2D eigenvalue weighted by Gasteiger charge is 2.47. The molecule has 0 N–H and O–H groups in total. The fraction of sp³-hybridized carbons (Fsp3) is 0.0149. The Balaban J connectivity index is 1.09. The van der Waals surface area contributed by atoms with Gasteiger partial charge in [-0.1, -0.05) is 224 Å². The molecule has 0 spiro atoms. The zero-order valence-electron chi connectivity index (χ0n) is 38.9. The van der Waals surface area contributed by atoms with E-state index < -0.39 is 13.5 Å². The van der Waals surface area contributed by atoms with E-state index >= 15 is 0 Å². The number of aromatic nitrogens is 1.